The fourth-order valence-electron chi connectivity index (χ4n) is 2.92. The first-order chi connectivity index (χ1) is 12.0. The molecule has 0 spiro atoms. The SMILES string of the molecule is Cc1nc(CN2C[C@@H](F)C[C@H]2CNC(=O)c2ccc(C#N)cc2)no1. The van der Waals surface area contributed by atoms with Gasteiger partial charge < -0.3 is 9.84 Å². The summed E-state index contributed by atoms with van der Waals surface area (Å²) < 4.78 is 18.8. The van der Waals surface area contributed by atoms with E-state index in [2.05, 4.69) is 15.5 Å². The van der Waals surface area contributed by atoms with Gasteiger partial charge in [-0.25, -0.2) is 4.39 Å². The van der Waals surface area contributed by atoms with Crippen molar-refractivity contribution >= 4 is 5.91 Å². The Bertz CT molecular complexity index is 783. The maximum absolute atomic E-state index is 13.8. The summed E-state index contributed by atoms with van der Waals surface area (Å²) in [6.07, 6.45) is -0.588. The number of aryl methyl sites for hydroxylation is 1. The zero-order chi connectivity index (χ0) is 17.8. The molecule has 25 heavy (non-hydrogen) atoms. The summed E-state index contributed by atoms with van der Waals surface area (Å²) in [7, 11) is 0. The van der Waals surface area contributed by atoms with Crippen LogP contribution in [0, 0.1) is 18.3 Å². The average molecular weight is 343 g/mol. The van der Waals surface area contributed by atoms with Gasteiger partial charge in [0.05, 0.1) is 18.2 Å². The van der Waals surface area contributed by atoms with Gasteiger partial charge in [-0.15, -0.1) is 0 Å². The Balaban J connectivity index is 1.58. The van der Waals surface area contributed by atoms with E-state index in [4.69, 9.17) is 9.78 Å². The first kappa shape index (κ1) is 17.0. The summed E-state index contributed by atoms with van der Waals surface area (Å²) in [5, 5.41) is 15.4. The van der Waals surface area contributed by atoms with Crippen LogP contribution in [-0.2, 0) is 6.54 Å². The summed E-state index contributed by atoms with van der Waals surface area (Å²) >= 11 is 0. The Kier molecular flexibility index (Phi) is 5.05. The molecule has 1 saturated heterocycles. The van der Waals surface area contributed by atoms with Crippen molar-refractivity contribution in [3.63, 3.8) is 0 Å². The first-order valence-corrected chi connectivity index (χ1v) is 8.01. The van der Waals surface area contributed by atoms with E-state index in [0.717, 1.165) is 0 Å². The second-order valence-electron chi connectivity index (χ2n) is 6.05. The Hall–Kier alpha value is -2.79. The van der Waals surface area contributed by atoms with Crippen LogP contribution < -0.4 is 5.32 Å². The molecule has 1 fully saturated rings. The topological polar surface area (TPSA) is 95.1 Å². The van der Waals surface area contributed by atoms with Gasteiger partial charge in [0.1, 0.15) is 6.17 Å². The molecule has 0 radical (unpaired) electrons. The third kappa shape index (κ3) is 4.19. The summed E-state index contributed by atoms with van der Waals surface area (Å²) in [5.74, 6) is 0.730. The van der Waals surface area contributed by atoms with Gasteiger partial charge in [-0.2, -0.15) is 10.2 Å². The lowest BCUT2D eigenvalue weighted by Gasteiger charge is -2.22. The Morgan fingerprint density at radius 2 is 2.24 bits per heavy atom. The van der Waals surface area contributed by atoms with Crippen LogP contribution in [0.25, 0.3) is 0 Å². The summed E-state index contributed by atoms with van der Waals surface area (Å²) in [4.78, 5) is 18.3. The molecule has 3 rings (SSSR count). The van der Waals surface area contributed by atoms with Crippen LogP contribution in [0.5, 0.6) is 0 Å². The van der Waals surface area contributed by atoms with Gasteiger partial charge in [-0.1, -0.05) is 5.16 Å². The molecule has 0 bridgehead atoms. The molecule has 2 heterocycles. The molecule has 1 aliphatic heterocycles. The number of nitriles is 1. The van der Waals surface area contributed by atoms with Crippen LogP contribution in [0.3, 0.4) is 0 Å². The molecule has 0 saturated carbocycles. The standard InChI is InChI=1S/C17H18FN5O2/c1-11-21-16(22-25-11)10-23-9-14(18)6-15(23)8-20-17(24)13-4-2-12(7-19)3-5-13/h2-5,14-15H,6,8-10H2,1H3,(H,20,24)/t14-,15-/m0/s1. The number of amides is 1. The van der Waals surface area contributed by atoms with Gasteiger partial charge in [0.15, 0.2) is 5.82 Å². The van der Waals surface area contributed by atoms with Crippen molar-refractivity contribution in [2.75, 3.05) is 13.1 Å². The number of aromatic nitrogens is 2. The van der Waals surface area contributed by atoms with E-state index in [1.165, 1.54) is 0 Å². The van der Waals surface area contributed by atoms with E-state index in [0.29, 0.717) is 42.4 Å². The van der Waals surface area contributed by atoms with Gasteiger partial charge in [-0.3, -0.25) is 9.69 Å². The summed E-state index contributed by atoms with van der Waals surface area (Å²) in [6, 6.07) is 8.25. The van der Waals surface area contributed by atoms with Crippen molar-refractivity contribution < 1.29 is 13.7 Å². The van der Waals surface area contributed by atoms with E-state index in [9.17, 15) is 9.18 Å². The fourth-order valence-corrected chi connectivity index (χ4v) is 2.92. The highest BCUT2D eigenvalue weighted by Crippen LogP contribution is 2.21. The molecular weight excluding hydrogens is 325 g/mol. The Morgan fingerprint density at radius 1 is 1.48 bits per heavy atom. The van der Waals surface area contributed by atoms with Gasteiger partial charge in [-0.05, 0) is 30.7 Å². The number of alkyl halides is 1. The van der Waals surface area contributed by atoms with Crippen molar-refractivity contribution in [2.24, 2.45) is 0 Å². The minimum absolute atomic E-state index is 0.129. The molecule has 1 aromatic heterocycles. The summed E-state index contributed by atoms with van der Waals surface area (Å²) in [6.45, 7) is 2.70. The average Bonchev–Trinajstić information content (AvgIpc) is 3.18. The van der Waals surface area contributed by atoms with E-state index in [1.807, 2.05) is 11.0 Å². The van der Waals surface area contributed by atoms with Crippen LogP contribution >= 0.6 is 0 Å². The number of nitrogens with one attached hydrogen (secondary N) is 1. The smallest absolute Gasteiger partial charge is 0.251 e. The van der Waals surface area contributed by atoms with Crippen LogP contribution in [0.4, 0.5) is 4.39 Å². The number of benzene rings is 1. The lowest BCUT2D eigenvalue weighted by molar-refractivity contribution is 0.0939. The highest BCUT2D eigenvalue weighted by atomic mass is 19.1. The number of carbonyl (C=O) groups is 1. The highest BCUT2D eigenvalue weighted by molar-refractivity contribution is 5.94. The van der Waals surface area contributed by atoms with E-state index >= 15 is 0 Å². The lowest BCUT2D eigenvalue weighted by atomic mass is 10.1. The zero-order valence-electron chi connectivity index (χ0n) is 13.8. The fraction of sp³-hybridized carbons (Fsp3) is 0.412. The third-order valence-electron chi connectivity index (χ3n) is 4.17. The number of rotatable bonds is 5. The van der Waals surface area contributed by atoms with Crippen LogP contribution in [0.15, 0.2) is 28.8 Å². The molecular formula is C17H18FN5O2. The van der Waals surface area contributed by atoms with Gasteiger partial charge in [0, 0.05) is 31.6 Å². The van der Waals surface area contributed by atoms with Crippen molar-refractivity contribution in [2.45, 2.75) is 32.1 Å². The number of carbonyl (C=O) groups excluding carboxylic acids is 1. The van der Waals surface area contributed by atoms with Crippen LogP contribution in [0.1, 0.15) is 34.1 Å². The number of hydrogen-bond acceptors (Lipinski definition) is 6. The van der Waals surface area contributed by atoms with Crippen molar-refractivity contribution in [1.82, 2.24) is 20.4 Å². The van der Waals surface area contributed by atoms with Gasteiger partial charge in [0.2, 0.25) is 5.89 Å². The minimum atomic E-state index is -0.940. The largest absolute Gasteiger partial charge is 0.350 e. The number of halogens is 1. The van der Waals surface area contributed by atoms with Crippen molar-refractivity contribution in [3.8, 4) is 6.07 Å². The normalized spacial score (nSPS) is 20.4. The molecule has 1 N–H and O–H groups in total. The third-order valence-corrected chi connectivity index (χ3v) is 4.17. The Labute approximate surface area is 144 Å². The van der Waals surface area contributed by atoms with E-state index in [1.54, 1.807) is 31.2 Å². The second kappa shape index (κ2) is 7.40. The van der Waals surface area contributed by atoms with Crippen LogP contribution in [0.2, 0.25) is 0 Å². The molecule has 1 aromatic carbocycles. The lowest BCUT2D eigenvalue weighted by Crippen LogP contribution is -2.40. The van der Waals surface area contributed by atoms with E-state index in [-0.39, 0.29) is 18.5 Å². The monoisotopic (exact) mass is 343 g/mol. The molecule has 0 aliphatic carbocycles. The molecule has 1 aliphatic rings. The minimum Gasteiger partial charge on any atom is -0.350 e. The van der Waals surface area contributed by atoms with Crippen molar-refractivity contribution in [3.05, 3.63) is 47.1 Å². The molecule has 1 amide bonds. The molecule has 0 unspecified atom stereocenters. The molecule has 2 atom stereocenters. The Morgan fingerprint density at radius 3 is 2.88 bits per heavy atom. The predicted molar refractivity (Wildman–Crippen MR) is 86.2 cm³/mol. The second-order valence-corrected chi connectivity index (χ2v) is 6.05. The van der Waals surface area contributed by atoms with Gasteiger partial charge >= 0.3 is 0 Å². The maximum atomic E-state index is 13.8. The van der Waals surface area contributed by atoms with E-state index < -0.39 is 6.17 Å². The molecule has 2 aromatic rings. The number of nitrogens with zero attached hydrogens (tertiary/aromatic N) is 4. The van der Waals surface area contributed by atoms with Crippen molar-refractivity contribution in [1.29, 1.82) is 5.26 Å². The zero-order valence-corrected chi connectivity index (χ0v) is 13.8. The van der Waals surface area contributed by atoms with Crippen LogP contribution in [-0.4, -0.2) is 46.3 Å². The summed E-state index contributed by atoms with van der Waals surface area (Å²) in [5.41, 5.74) is 0.961. The van der Waals surface area contributed by atoms with Gasteiger partial charge in [0.25, 0.3) is 5.91 Å². The number of likely N-dealkylation sites (tertiary alicyclic amines) is 1. The molecule has 130 valence electrons. The quantitative estimate of drug-likeness (QED) is 0.886. The molecule has 7 nitrogen and oxygen atoms in total. The first-order valence-electron chi connectivity index (χ1n) is 8.01. The maximum Gasteiger partial charge on any atom is 0.251 e. The highest BCUT2D eigenvalue weighted by Gasteiger charge is 2.33. The predicted octanol–water partition coefficient (Wildman–Crippen LogP) is 1.59. The molecule has 8 heteroatoms. The number of hydrogen-bond donors (Lipinski definition) is 1.